The zero-order chi connectivity index (χ0) is 19.6. The van der Waals surface area contributed by atoms with Gasteiger partial charge in [-0.1, -0.05) is 25.0 Å². The van der Waals surface area contributed by atoms with Gasteiger partial charge in [0.05, 0.1) is 0 Å². The molecule has 2 fully saturated rings. The van der Waals surface area contributed by atoms with E-state index in [4.69, 9.17) is 9.73 Å². The number of aromatic nitrogens is 1. The second-order valence-electron chi connectivity index (χ2n) is 8.57. The van der Waals surface area contributed by atoms with Crippen LogP contribution in [0.2, 0.25) is 0 Å². The largest absolute Gasteiger partial charge is 0.490 e. The minimum atomic E-state index is -0.0406. The molecule has 1 saturated carbocycles. The Bertz CT molecular complexity index is 944. The van der Waals surface area contributed by atoms with Crippen LogP contribution < -0.4 is 15.4 Å². The molecular weight excluding hydrogens is 360 g/mol. The minimum absolute atomic E-state index is 0.0406. The summed E-state index contributed by atoms with van der Waals surface area (Å²) >= 11 is 0. The van der Waals surface area contributed by atoms with Crippen LogP contribution in [0, 0.1) is 0 Å². The number of hydrogen-bond donors (Lipinski definition) is 0. The molecule has 5 nitrogen and oxygen atoms in total. The summed E-state index contributed by atoms with van der Waals surface area (Å²) in [6.45, 7) is 2.36. The summed E-state index contributed by atoms with van der Waals surface area (Å²) in [5.41, 5.74) is 1.97. The fourth-order valence-corrected chi connectivity index (χ4v) is 4.96. The smallest absolute Gasteiger partial charge is 0.158 e. The van der Waals surface area contributed by atoms with Crippen LogP contribution in [0.5, 0.6) is 5.75 Å². The van der Waals surface area contributed by atoms with E-state index in [0.717, 1.165) is 40.9 Å². The van der Waals surface area contributed by atoms with Gasteiger partial charge in [0.1, 0.15) is 18.0 Å². The molecule has 0 spiro atoms. The van der Waals surface area contributed by atoms with Crippen molar-refractivity contribution in [1.29, 1.82) is 0 Å². The number of pyridine rings is 1. The van der Waals surface area contributed by atoms with Crippen LogP contribution in [0.4, 0.5) is 0 Å². The Morgan fingerprint density at radius 2 is 1.72 bits per heavy atom. The number of piperidine rings is 1. The highest BCUT2D eigenvalue weighted by atomic mass is 16.5. The van der Waals surface area contributed by atoms with Gasteiger partial charge in [0.15, 0.2) is 5.49 Å². The van der Waals surface area contributed by atoms with E-state index in [1.54, 1.807) is 6.20 Å². The van der Waals surface area contributed by atoms with Gasteiger partial charge in [0.25, 0.3) is 0 Å². The molecule has 1 aromatic heterocycles. The number of likely N-dealkylation sites (tertiary alicyclic amines) is 1. The first-order chi connectivity index (χ1) is 14.3. The standard InChI is InChI=1S/C24H30N4O/c1-27-17-19-5-4-14-25-23(19)26-24(27)18-8-10-21(11-9-18)29-22-12-15-28(16-13-22)20-6-2-3-7-20/h4-5,8-11,14,17,20,22,24H,2-3,6-7,12-13,15-16H2,1H3. The molecule has 2 aliphatic heterocycles. The fraction of sp³-hybridized carbons (Fsp3) is 0.500. The summed E-state index contributed by atoms with van der Waals surface area (Å²) in [7, 11) is 2.06. The first-order valence-electron chi connectivity index (χ1n) is 11.0. The number of hydrogen-bond acceptors (Lipinski definition) is 5. The number of benzene rings is 1. The van der Waals surface area contributed by atoms with E-state index in [2.05, 4.69) is 52.3 Å². The maximum Gasteiger partial charge on any atom is 0.158 e. The summed E-state index contributed by atoms with van der Waals surface area (Å²) < 4.78 is 6.30. The molecule has 1 saturated heterocycles. The molecule has 1 aliphatic carbocycles. The van der Waals surface area contributed by atoms with Crippen LogP contribution in [-0.2, 0) is 0 Å². The molecule has 0 amide bonds. The van der Waals surface area contributed by atoms with Crippen molar-refractivity contribution in [2.75, 3.05) is 20.1 Å². The molecule has 5 rings (SSSR count). The zero-order valence-electron chi connectivity index (χ0n) is 17.2. The average Bonchev–Trinajstić information content (AvgIpc) is 3.29. The van der Waals surface area contributed by atoms with Gasteiger partial charge in [-0.15, -0.1) is 0 Å². The molecule has 3 aliphatic rings. The van der Waals surface area contributed by atoms with E-state index in [1.807, 2.05) is 12.1 Å². The Morgan fingerprint density at radius 1 is 0.966 bits per heavy atom. The normalized spacial score (nSPS) is 23.3. The molecular formula is C24H30N4O. The fourth-order valence-electron chi connectivity index (χ4n) is 4.96. The second kappa shape index (κ2) is 8.15. The van der Waals surface area contributed by atoms with Crippen LogP contribution >= 0.6 is 0 Å². The predicted molar refractivity (Wildman–Crippen MR) is 114 cm³/mol. The third-order valence-electron chi connectivity index (χ3n) is 6.59. The molecule has 152 valence electrons. The van der Waals surface area contributed by atoms with E-state index in [0.29, 0.717) is 6.10 Å². The third kappa shape index (κ3) is 4.01. The van der Waals surface area contributed by atoms with Crippen molar-refractivity contribution in [3.63, 3.8) is 0 Å². The molecule has 0 radical (unpaired) electrons. The van der Waals surface area contributed by atoms with Crippen molar-refractivity contribution in [1.82, 2.24) is 14.8 Å². The third-order valence-corrected chi connectivity index (χ3v) is 6.59. The Morgan fingerprint density at radius 3 is 2.48 bits per heavy atom. The minimum Gasteiger partial charge on any atom is -0.490 e. The summed E-state index contributed by atoms with van der Waals surface area (Å²) in [4.78, 5) is 14.1. The van der Waals surface area contributed by atoms with Crippen molar-refractivity contribution < 1.29 is 4.74 Å². The van der Waals surface area contributed by atoms with Gasteiger partial charge in [-0.25, -0.2) is 9.98 Å². The molecule has 0 N–H and O–H groups in total. The first-order valence-corrected chi connectivity index (χ1v) is 11.0. The Hall–Kier alpha value is -2.40. The summed E-state index contributed by atoms with van der Waals surface area (Å²) in [6, 6.07) is 13.3. The molecule has 29 heavy (non-hydrogen) atoms. The van der Waals surface area contributed by atoms with Crippen molar-refractivity contribution in [2.45, 2.75) is 56.8 Å². The number of ether oxygens (including phenoxy) is 1. The predicted octanol–water partition coefficient (Wildman–Crippen LogP) is 2.87. The summed E-state index contributed by atoms with van der Waals surface area (Å²) in [5.74, 6) is 0.967. The highest BCUT2D eigenvalue weighted by Gasteiger charge is 2.27. The lowest BCUT2D eigenvalue weighted by atomic mass is 10.0. The first kappa shape index (κ1) is 18.6. The monoisotopic (exact) mass is 390 g/mol. The Labute approximate surface area is 172 Å². The van der Waals surface area contributed by atoms with Crippen molar-refractivity contribution in [3.05, 3.63) is 58.9 Å². The van der Waals surface area contributed by atoms with Gasteiger partial charge >= 0.3 is 0 Å². The SMILES string of the molecule is CN1C=c2cccnc2=NC1c1ccc(OC2CCN(C3CCCC3)CC2)cc1. The van der Waals surface area contributed by atoms with Crippen LogP contribution in [0.3, 0.4) is 0 Å². The molecule has 1 atom stereocenters. The van der Waals surface area contributed by atoms with E-state index < -0.39 is 0 Å². The van der Waals surface area contributed by atoms with Crippen LogP contribution in [-0.4, -0.2) is 47.1 Å². The number of fused-ring (bicyclic) bond motifs is 1. The quantitative estimate of drug-likeness (QED) is 0.805. The topological polar surface area (TPSA) is 41.0 Å². The van der Waals surface area contributed by atoms with E-state index in [1.165, 1.54) is 38.8 Å². The lowest BCUT2D eigenvalue weighted by molar-refractivity contribution is 0.0768. The number of rotatable bonds is 4. The van der Waals surface area contributed by atoms with Gasteiger partial charge in [0, 0.05) is 43.8 Å². The molecule has 3 heterocycles. The summed E-state index contributed by atoms with van der Waals surface area (Å²) in [5, 5.41) is 1.06. The Balaban J connectivity index is 1.21. The van der Waals surface area contributed by atoms with Crippen LogP contribution in [0.25, 0.3) is 6.20 Å². The van der Waals surface area contributed by atoms with E-state index in [9.17, 15) is 0 Å². The maximum atomic E-state index is 6.30. The average molecular weight is 391 g/mol. The van der Waals surface area contributed by atoms with Gasteiger partial charge in [0.2, 0.25) is 0 Å². The zero-order valence-corrected chi connectivity index (χ0v) is 17.2. The maximum absolute atomic E-state index is 6.30. The molecule has 2 aromatic rings. The molecule has 1 unspecified atom stereocenters. The van der Waals surface area contributed by atoms with Crippen LogP contribution in [0.15, 0.2) is 47.6 Å². The molecule has 5 heteroatoms. The van der Waals surface area contributed by atoms with E-state index in [-0.39, 0.29) is 6.17 Å². The lowest BCUT2D eigenvalue weighted by Gasteiger charge is -2.36. The van der Waals surface area contributed by atoms with Gasteiger partial charge in [-0.3, -0.25) is 0 Å². The number of nitrogens with zero attached hydrogens (tertiary/aromatic N) is 4. The van der Waals surface area contributed by atoms with E-state index >= 15 is 0 Å². The van der Waals surface area contributed by atoms with Crippen molar-refractivity contribution >= 4 is 6.20 Å². The highest BCUT2D eigenvalue weighted by molar-refractivity contribution is 5.32. The van der Waals surface area contributed by atoms with Gasteiger partial charge in [-0.2, -0.15) is 0 Å². The molecule has 0 bridgehead atoms. The van der Waals surface area contributed by atoms with Gasteiger partial charge < -0.3 is 14.5 Å². The van der Waals surface area contributed by atoms with Gasteiger partial charge in [-0.05, 0) is 55.5 Å². The van der Waals surface area contributed by atoms with Crippen molar-refractivity contribution in [3.8, 4) is 5.75 Å². The lowest BCUT2D eigenvalue weighted by Crippen LogP contribution is -2.43. The highest BCUT2D eigenvalue weighted by Crippen LogP contribution is 2.28. The summed E-state index contributed by atoms with van der Waals surface area (Å²) in [6.07, 6.45) is 12.1. The Kier molecular flexibility index (Phi) is 5.23. The molecule has 1 aromatic carbocycles. The van der Waals surface area contributed by atoms with Crippen LogP contribution in [0.1, 0.15) is 50.3 Å². The second-order valence-corrected chi connectivity index (χ2v) is 8.57. The van der Waals surface area contributed by atoms with Crippen molar-refractivity contribution in [2.24, 2.45) is 4.99 Å².